The summed E-state index contributed by atoms with van der Waals surface area (Å²) in [6.45, 7) is 0.873. The van der Waals surface area contributed by atoms with E-state index in [1.807, 2.05) is 0 Å². The number of anilines is 1. The fraction of sp³-hybridized carbons (Fsp3) is 0.692. The summed E-state index contributed by atoms with van der Waals surface area (Å²) in [5, 5.41) is 3.48. The molecule has 2 heterocycles. The predicted octanol–water partition coefficient (Wildman–Crippen LogP) is 2.38. The van der Waals surface area contributed by atoms with Crippen LogP contribution in [0.1, 0.15) is 38.5 Å². The third kappa shape index (κ3) is 2.41. The van der Waals surface area contributed by atoms with Crippen molar-refractivity contribution in [1.82, 2.24) is 9.97 Å². The molecule has 0 unspecified atom stereocenters. The number of nitrogens with zero attached hydrogens (tertiary/aromatic N) is 2. The Hall–Kier alpha value is -1.16. The second-order valence-corrected chi connectivity index (χ2v) is 5.16. The topological polar surface area (TPSA) is 47.0 Å². The highest BCUT2D eigenvalue weighted by Crippen LogP contribution is 2.40. The van der Waals surface area contributed by atoms with E-state index >= 15 is 0 Å². The second kappa shape index (κ2) is 4.61. The van der Waals surface area contributed by atoms with Gasteiger partial charge in [0, 0.05) is 25.0 Å². The summed E-state index contributed by atoms with van der Waals surface area (Å²) in [4.78, 5) is 8.36. The average Bonchev–Trinajstić information content (AvgIpc) is 2.79. The Labute approximate surface area is 102 Å². The molecule has 1 saturated heterocycles. The molecule has 1 aliphatic carbocycles. The van der Waals surface area contributed by atoms with Crippen LogP contribution < -0.4 is 5.32 Å². The van der Waals surface area contributed by atoms with Gasteiger partial charge in [-0.05, 0) is 25.7 Å². The Bertz CT molecular complexity index is 362. The van der Waals surface area contributed by atoms with Gasteiger partial charge >= 0.3 is 0 Å². The average molecular weight is 233 g/mol. The van der Waals surface area contributed by atoms with Crippen molar-refractivity contribution < 1.29 is 4.74 Å². The zero-order valence-corrected chi connectivity index (χ0v) is 10.1. The molecule has 1 saturated carbocycles. The molecule has 92 valence electrons. The van der Waals surface area contributed by atoms with Crippen molar-refractivity contribution in [2.75, 3.05) is 11.9 Å². The highest BCUT2D eigenvalue weighted by molar-refractivity contribution is 5.31. The van der Waals surface area contributed by atoms with E-state index in [1.165, 1.54) is 25.7 Å². The van der Waals surface area contributed by atoms with Crippen molar-refractivity contribution in [3.8, 4) is 0 Å². The van der Waals surface area contributed by atoms with Crippen molar-refractivity contribution in [2.45, 2.75) is 50.2 Å². The lowest BCUT2D eigenvalue weighted by atomic mass is 9.89. The number of hydrogen-bond acceptors (Lipinski definition) is 4. The molecule has 3 rings (SSSR count). The van der Waals surface area contributed by atoms with Gasteiger partial charge in [0.15, 0.2) is 0 Å². The predicted molar refractivity (Wildman–Crippen MR) is 65.8 cm³/mol. The maximum atomic E-state index is 6.02. The fourth-order valence-electron chi connectivity index (χ4n) is 3.10. The minimum atomic E-state index is 0.165. The Kier molecular flexibility index (Phi) is 2.97. The molecule has 1 atom stereocenters. The van der Waals surface area contributed by atoms with Gasteiger partial charge in [0.2, 0.25) is 0 Å². The van der Waals surface area contributed by atoms with E-state index in [0.717, 1.165) is 25.3 Å². The van der Waals surface area contributed by atoms with E-state index in [9.17, 15) is 0 Å². The van der Waals surface area contributed by atoms with Gasteiger partial charge in [-0.1, -0.05) is 12.8 Å². The Morgan fingerprint density at radius 3 is 2.94 bits per heavy atom. The fourth-order valence-corrected chi connectivity index (χ4v) is 3.10. The van der Waals surface area contributed by atoms with Gasteiger partial charge < -0.3 is 10.1 Å². The first-order valence-corrected chi connectivity index (χ1v) is 6.53. The summed E-state index contributed by atoms with van der Waals surface area (Å²) in [5.41, 5.74) is 0.165. The molecule has 0 amide bonds. The summed E-state index contributed by atoms with van der Waals surface area (Å²) in [6, 6.07) is 0.485. The maximum Gasteiger partial charge on any atom is 0.144 e. The minimum absolute atomic E-state index is 0.165. The zero-order chi connectivity index (χ0) is 11.6. The number of hydrogen-bond donors (Lipinski definition) is 1. The first-order valence-electron chi connectivity index (χ1n) is 6.53. The molecule has 1 N–H and O–H groups in total. The summed E-state index contributed by atoms with van der Waals surface area (Å²) in [7, 11) is 0. The third-order valence-corrected chi connectivity index (χ3v) is 3.92. The molecule has 0 aromatic carbocycles. The Balaban J connectivity index is 1.64. The van der Waals surface area contributed by atoms with Crippen molar-refractivity contribution in [2.24, 2.45) is 0 Å². The molecule has 1 aliphatic heterocycles. The van der Waals surface area contributed by atoms with Gasteiger partial charge in [-0.15, -0.1) is 0 Å². The molecule has 0 bridgehead atoms. The summed E-state index contributed by atoms with van der Waals surface area (Å²) < 4.78 is 6.02. The van der Waals surface area contributed by atoms with Crippen LogP contribution in [-0.4, -0.2) is 28.2 Å². The van der Waals surface area contributed by atoms with Crippen molar-refractivity contribution >= 4 is 5.82 Å². The second-order valence-electron chi connectivity index (χ2n) is 5.16. The van der Waals surface area contributed by atoms with Crippen LogP contribution >= 0.6 is 0 Å². The minimum Gasteiger partial charge on any atom is -0.375 e. The van der Waals surface area contributed by atoms with E-state index in [2.05, 4.69) is 15.3 Å². The summed E-state index contributed by atoms with van der Waals surface area (Å²) >= 11 is 0. The Morgan fingerprint density at radius 1 is 1.29 bits per heavy atom. The normalized spacial score (nSPS) is 27.2. The maximum absolute atomic E-state index is 6.02. The van der Waals surface area contributed by atoms with Gasteiger partial charge in [-0.25, -0.2) is 4.98 Å². The largest absolute Gasteiger partial charge is 0.375 e. The first kappa shape index (κ1) is 11.0. The lowest BCUT2D eigenvalue weighted by Crippen LogP contribution is -2.42. The molecule has 0 radical (unpaired) electrons. The molecule has 1 aromatic rings. The summed E-state index contributed by atoms with van der Waals surface area (Å²) in [5.74, 6) is 0.882. The molecule has 2 aliphatic rings. The van der Waals surface area contributed by atoms with Crippen molar-refractivity contribution in [3.05, 3.63) is 18.6 Å². The van der Waals surface area contributed by atoms with Crippen LogP contribution in [0.5, 0.6) is 0 Å². The van der Waals surface area contributed by atoms with E-state index in [-0.39, 0.29) is 5.60 Å². The lowest BCUT2D eigenvalue weighted by Gasteiger charge is -2.38. The zero-order valence-electron chi connectivity index (χ0n) is 10.1. The highest BCUT2D eigenvalue weighted by Gasteiger charge is 2.39. The number of nitrogens with one attached hydrogen (secondary N) is 1. The monoisotopic (exact) mass is 233 g/mol. The van der Waals surface area contributed by atoms with Crippen LogP contribution in [0.2, 0.25) is 0 Å². The third-order valence-electron chi connectivity index (χ3n) is 3.92. The molecule has 1 spiro atoms. The van der Waals surface area contributed by atoms with Crippen LogP contribution in [0.15, 0.2) is 18.6 Å². The SMILES string of the molecule is c1cnc(N[C@@H]2CCOC3(CCCC3)C2)cn1. The van der Waals surface area contributed by atoms with Gasteiger partial charge in [0.1, 0.15) is 5.82 Å². The van der Waals surface area contributed by atoms with Crippen LogP contribution in [-0.2, 0) is 4.74 Å². The van der Waals surface area contributed by atoms with E-state index in [1.54, 1.807) is 18.6 Å². The molecule has 4 nitrogen and oxygen atoms in total. The number of aromatic nitrogens is 2. The molecule has 17 heavy (non-hydrogen) atoms. The molecule has 4 heteroatoms. The lowest BCUT2D eigenvalue weighted by molar-refractivity contribution is -0.0767. The van der Waals surface area contributed by atoms with E-state index in [0.29, 0.717) is 6.04 Å². The van der Waals surface area contributed by atoms with E-state index < -0.39 is 0 Å². The van der Waals surface area contributed by atoms with E-state index in [4.69, 9.17) is 4.74 Å². The van der Waals surface area contributed by atoms with Gasteiger partial charge in [0.05, 0.1) is 11.8 Å². The van der Waals surface area contributed by atoms with Crippen LogP contribution in [0, 0.1) is 0 Å². The van der Waals surface area contributed by atoms with Crippen LogP contribution in [0.4, 0.5) is 5.82 Å². The molecular formula is C13H19N3O. The highest BCUT2D eigenvalue weighted by atomic mass is 16.5. The quantitative estimate of drug-likeness (QED) is 0.852. The van der Waals surface area contributed by atoms with Gasteiger partial charge in [-0.2, -0.15) is 0 Å². The standard InChI is InChI=1S/C13H19N3O/c1-2-5-13(4-1)9-11(3-8-17-13)16-12-10-14-6-7-15-12/h6-7,10-11H,1-5,8-9H2,(H,15,16)/t11-/m1/s1. The molecule has 2 fully saturated rings. The smallest absolute Gasteiger partial charge is 0.144 e. The first-order chi connectivity index (χ1) is 8.36. The molecule has 1 aromatic heterocycles. The number of ether oxygens (including phenoxy) is 1. The van der Waals surface area contributed by atoms with Crippen molar-refractivity contribution in [3.63, 3.8) is 0 Å². The van der Waals surface area contributed by atoms with Crippen LogP contribution in [0.25, 0.3) is 0 Å². The van der Waals surface area contributed by atoms with Gasteiger partial charge in [-0.3, -0.25) is 4.98 Å². The van der Waals surface area contributed by atoms with Crippen molar-refractivity contribution in [1.29, 1.82) is 0 Å². The number of rotatable bonds is 2. The molecular weight excluding hydrogens is 214 g/mol. The van der Waals surface area contributed by atoms with Gasteiger partial charge in [0.25, 0.3) is 0 Å². The summed E-state index contributed by atoms with van der Waals surface area (Å²) in [6.07, 6.45) is 12.5. The van der Waals surface area contributed by atoms with Crippen LogP contribution in [0.3, 0.4) is 0 Å². The Morgan fingerprint density at radius 2 is 2.18 bits per heavy atom.